The third-order valence-corrected chi connectivity index (χ3v) is 11.2. The Balaban J connectivity index is 1.36. The van der Waals surface area contributed by atoms with Crippen LogP contribution in [-0.4, -0.2) is 25.7 Å². The van der Waals surface area contributed by atoms with Gasteiger partial charge in [0.1, 0.15) is 0 Å². The zero-order valence-electron chi connectivity index (χ0n) is 18.5. The van der Waals surface area contributed by atoms with E-state index in [-0.39, 0.29) is 27.9 Å². The Hall–Kier alpha value is -0.910. The number of fused-ring (bicyclic) bond motifs is 5. The predicted octanol–water partition coefficient (Wildman–Crippen LogP) is 5.08. The van der Waals surface area contributed by atoms with E-state index in [4.69, 9.17) is 4.18 Å². The highest BCUT2D eigenvalue weighted by atomic mass is 32.2. The molecule has 4 nitrogen and oxygen atoms in total. The second-order valence-electron chi connectivity index (χ2n) is 11.2. The van der Waals surface area contributed by atoms with Crippen LogP contribution in [0.5, 0.6) is 0 Å². The first-order chi connectivity index (χ1) is 14.1. The molecule has 5 heteroatoms. The average Bonchev–Trinajstić information content (AvgIpc) is 3.19. The Morgan fingerprint density at radius 2 is 1.43 bits per heavy atom. The molecule has 0 aromatic heterocycles. The van der Waals surface area contributed by atoms with Crippen molar-refractivity contribution >= 4 is 10.1 Å². The standard InChI is InChI=1S/C25H36O4S/c1-16-4-6-17(7-5-16)30(27,28)29-23-11-9-21-19-12-14-24(2)20(8-10-22(24)26)18(19)13-15-25(21,23)3/h4-7,18-23,26H,8-15H2,1-3H3/t18-,19+,20+,21-,22+,23-,24+,25-/m0/s1. The molecular weight excluding hydrogens is 396 g/mol. The largest absolute Gasteiger partial charge is 0.393 e. The smallest absolute Gasteiger partial charge is 0.297 e. The minimum Gasteiger partial charge on any atom is -0.393 e. The van der Waals surface area contributed by atoms with E-state index in [1.165, 1.54) is 6.42 Å². The Morgan fingerprint density at radius 3 is 2.10 bits per heavy atom. The molecule has 8 atom stereocenters. The number of aliphatic hydroxyl groups excluding tert-OH is 1. The molecule has 30 heavy (non-hydrogen) atoms. The van der Waals surface area contributed by atoms with E-state index in [1.54, 1.807) is 12.1 Å². The van der Waals surface area contributed by atoms with Gasteiger partial charge in [-0.1, -0.05) is 31.5 Å². The number of hydrogen-bond acceptors (Lipinski definition) is 4. The van der Waals surface area contributed by atoms with E-state index in [0.717, 1.165) is 50.5 Å². The number of hydrogen-bond donors (Lipinski definition) is 1. The zero-order valence-corrected chi connectivity index (χ0v) is 19.3. The van der Waals surface area contributed by atoms with Crippen LogP contribution in [0.3, 0.4) is 0 Å². The van der Waals surface area contributed by atoms with E-state index in [1.807, 2.05) is 19.1 Å². The fraction of sp³-hybridized carbons (Fsp3) is 0.760. The van der Waals surface area contributed by atoms with E-state index in [0.29, 0.717) is 23.7 Å². The molecule has 4 fully saturated rings. The van der Waals surface area contributed by atoms with Gasteiger partial charge in [0.15, 0.2) is 0 Å². The maximum Gasteiger partial charge on any atom is 0.297 e. The summed E-state index contributed by atoms with van der Waals surface area (Å²) in [7, 11) is -3.74. The van der Waals surface area contributed by atoms with E-state index in [2.05, 4.69) is 13.8 Å². The summed E-state index contributed by atoms with van der Waals surface area (Å²) >= 11 is 0. The van der Waals surface area contributed by atoms with Gasteiger partial charge >= 0.3 is 0 Å². The molecule has 1 aromatic carbocycles. The van der Waals surface area contributed by atoms with Crippen molar-refractivity contribution in [3.63, 3.8) is 0 Å². The molecule has 4 aliphatic rings. The molecule has 166 valence electrons. The molecule has 1 N–H and O–H groups in total. The Bertz CT molecular complexity index is 910. The second-order valence-corrected chi connectivity index (χ2v) is 12.7. The summed E-state index contributed by atoms with van der Waals surface area (Å²) in [5.74, 6) is 2.51. The summed E-state index contributed by atoms with van der Waals surface area (Å²) in [5.41, 5.74) is 1.07. The van der Waals surface area contributed by atoms with Gasteiger partial charge < -0.3 is 5.11 Å². The van der Waals surface area contributed by atoms with Crippen LogP contribution in [0.2, 0.25) is 0 Å². The number of aryl methyl sites for hydroxylation is 1. The first kappa shape index (κ1) is 21.0. The molecular formula is C25H36O4S. The van der Waals surface area contributed by atoms with E-state index in [9.17, 15) is 13.5 Å². The monoisotopic (exact) mass is 432 g/mol. The van der Waals surface area contributed by atoms with Crippen LogP contribution < -0.4 is 0 Å². The normalized spacial score (nSPS) is 45.6. The average molecular weight is 433 g/mol. The molecule has 0 amide bonds. The van der Waals surface area contributed by atoms with Crippen LogP contribution in [0, 0.1) is 41.4 Å². The first-order valence-electron chi connectivity index (χ1n) is 11.8. The highest BCUT2D eigenvalue weighted by molar-refractivity contribution is 7.86. The first-order valence-corrected chi connectivity index (χ1v) is 13.2. The lowest BCUT2D eigenvalue weighted by Crippen LogP contribution is -2.51. The van der Waals surface area contributed by atoms with Gasteiger partial charge in [0.2, 0.25) is 0 Å². The molecule has 0 saturated heterocycles. The van der Waals surface area contributed by atoms with Crippen molar-refractivity contribution < 1.29 is 17.7 Å². The maximum atomic E-state index is 13.0. The highest BCUT2D eigenvalue weighted by Gasteiger charge is 2.61. The molecule has 0 radical (unpaired) electrons. The third kappa shape index (κ3) is 3.02. The van der Waals surface area contributed by atoms with Crippen LogP contribution in [0.4, 0.5) is 0 Å². The topological polar surface area (TPSA) is 63.6 Å². The van der Waals surface area contributed by atoms with Crippen LogP contribution >= 0.6 is 0 Å². The number of rotatable bonds is 3. The van der Waals surface area contributed by atoms with Gasteiger partial charge in [0.05, 0.1) is 17.1 Å². The van der Waals surface area contributed by atoms with E-state index < -0.39 is 10.1 Å². The van der Waals surface area contributed by atoms with Gasteiger partial charge in [0, 0.05) is 0 Å². The lowest BCUT2D eigenvalue weighted by molar-refractivity contribution is -0.101. The number of aliphatic hydroxyl groups is 1. The Labute approximate surface area is 181 Å². The van der Waals surface area contributed by atoms with E-state index >= 15 is 0 Å². The lowest BCUT2D eigenvalue weighted by atomic mass is 9.49. The molecule has 4 saturated carbocycles. The Morgan fingerprint density at radius 1 is 0.867 bits per heavy atom. The maximum absolute atomic E-state index is 13.0. The fourth-order valence-corrected chi connectivity index (χ4v) is 9.23. The van der Waals surface area contributed by atoms with Gasteiger partial charge in [-0.15, -0.1) is 0 Å². The summed E-state index contributed by atoms with van der Waals surface area (Å²) in [6.45, 7) is 6.55. The van der Waals surface area contributed by atoms with Crippen LogP contribution in [0.1, 0.15) is 70.8 Å². The van der Waals surface area contributed by atoms with Crippen LogP contribution in [-0.2, 0) is 14.3 Å². The molecule has 0 unspecified atom stereocenters. The van der Waals surface area contributed by atoms with Crippen LogP contribution in [0.15, 0.2) is 29.2 Å². The third-order valence-electron chi connectivity index (χ3n) is 9.85. The van der Waals surface area contributed by atoms with Gasteiger partial charge in [-0.3, -0.25) is 4.18 Å². The Kier molecular flexibility index (Phi) is 4.92. The predicted molar refractivity (Wildman–Crippen MR) is 116 cm³/mol. The summed E-state index contributed by atoms with van der Waals surface area (Å²) in [6.07, 6.45) is 8.11. The molecule has 4 aliphatic carbocycles. The summed E-state index contributed by atoms with van der Waals surface area (Å²) in [4.78, 5) is 0.266. The quantitative estimate of drug-likeness (QED) is 0.676. The van der Waals surface area contributed by atoms with Gasteiger partial charge in [0.25, 0.3) is 10.1 Å². The fourth-order valence-electron chi connectivity index (χ4n) is 8.03. The minimum absolute atomic E-state index is 0.0656. The molecule has 1 aromatic rings. The lowest BCUT2D eigenvalue weighted by Gasteiger charge is -2.56. The van der Waals surface area contributed by atoms with Crippen molar-refractivity contribution in [3.05, 3.63) is 29.8 Å². The minimum atomic E-state index is -3.74. The molecule has 0 aliphatic heterocycles. The summed E-state index contributed by atoms with van der Waals surface area (Å²) < 4.78 is 31.9. The van der Waals surface area contributed by atoms with Crippen molar-refractivity contribution in [3.8, 4) is 0 Å². The van der Waals surface area contributed by atoms with Gasteiger partial charge in [-0.2, -0.15) is 8.42 Å². The number of benzene rings is 1. The van der Waals surface area contributed by atoms with Gasteiger partial charge in [-0.05, 0) is 105 Å². The summed E-state index contributed by atoms with van der Waals surface area (Å²) in [6, 6.07) is 6.97. The second kappa shape index (κ2) is 7.05. The molecule has 0 bridgehead atoms. The van der Waals surface area contributed by atoms with Gasteiger partial charge in [-0.25, -0.2) is 0 Å². The molecule has 5 rings (SSSR count). The summed E-state index contributed by atoms with van der Waals surface area (Å²) in [5, 5.41) is 10.6. The zero-order chi connectivity index (χ0) is 21.3. The molecule has 0 heterocycles. The highest BCUT2D eigenvalue weighted by Crippen LogP contribution is 2.66. The van der Waals surface area contributed by atoms with Crippen molar-refractivity contribution in [2.24, 2.45) is 34.5 Å². The van der Waals surface area contributed by atoms with Crippen molar-refractivity contribution in [2.75, 3.05) is 0 Å². The SMILES string of the molecule is Cc1ccc(S(=O)(=O)O[C@H]2CC[C@H]3[C@@H]4CC[C@@]5(C)[C@H](O)CC[C@@H]5[C@H]4CC[C@]23C)cc1. The van der Waals surface area contributed by atoms with Crippen molar-refractivity contribution in [2.45, 2.75) is 89.2 Å². The molecule has 0 spiro atoms. The van der Waals surface area contributed by atoms with Crippen LogP contribution in [0.25, 0.3) is 0 Å². The van der Waals surface area contributed by atoms with Crippen molar-refractivity contribution in [1.29, 1.82) is 0 Å². The van der Waals surface area contributed by atoms with Crippen molar-refractivity contribution in [1.82, 2.24) is 0 Å².